The van der Waals surface area contributed by atoms with Crippen molar-refractivity contribution in [1.82, 2.24) is 24.6 Å². The Balaban J connectivity index is 1.31. The summed E-state index contributed by atoms with van der Waals surface area (Å²) >= 11 is 0. The van der Waals surface area contributed by atoms with Crippen LogP contribution >= 0.6 is 0 Å². The van der Waals surface area contributed by atoms with Crippen LogP contribution in [0.25, 0.3) is 22.3 Å². The van der Waals surface area contributed by atoms with Crippen LogP contribution in [0, 0.1) is 35.0 Å². The minimum atomic E-state index is -1.77. The van der Waals surface area contributed by atoms with Crippen molar-refractivity contribution in [2.45, 2.75) is 44.2 Å². The number of halogens is 5. The zero-order valence-corrected chi connectivity index (χ0v) is 22.0. The van der Waals surface area contributed by atoms with Crippen molar-refractivity contribution < 1.29 is 36.6 Å². The average molecular weight is 589 g/mol. The van der Waals surface area contributed by atoms with E-state index in [-0.39, 0.29) is 52.8 Å². The highest BCUT2D eigenvalue weighted by Crippen LogP contribution is 2.38. The molecule has 1 saturated carbocycles. The predicted octanol–water partition coefficient (Wildman–Crippen LogP) is 4.89. The number of carbonyl (C=O) groups excluding carboxylic acids is 1. The molecule has 14 heteroatoms. The number of ether oxygens (including phenoxy) is 1. The third-order valence-electron chi connectivity index (χ3n) is 7.65. The minimum absolute atomic E-state index is 0.0247. The second-order valence-electron chi connectivity index (χ2n) is 10.5. The molecule has 1 aliphatic carbocycles. The van der Waals surface area contributed by atoms with Crippen LogP contribution in [-0.2, 0) is 4.79 Å². The Labute approximate surface area is 235 Å². The molecule has 2 aromatic carbocycles. The lowest BCUT2D eigenvalue weighted by Gasteiger charge is -2.33. The van der Waals surface area contributed by atoms with Gasteiger partial charge in [-0.05, 0) is 43.7 Å². The van der Waals surface area contributed by atoms with E-state index in [9.17, 15) is 27.5 Å². The first-order valence-corrected chi connectivity index (χ1v) is 13.4. The number of amides is 1. The van der Waals surface area contributed by atoms with Crippen LogP contribution in [0.5, 0.6) is 11.5 Å². The number of nitrogen functional groups attached to an aromatic ring is 1. The van der Waals surface area contributed by atoms with Crippen molar-refractivity contribution in [3.63, 3.8) is 0 Å². The van der Waals surface area contributed by atoms with Crippen molar-refractivity contribution in [3.05, 3.63) is 59.7 Å². The van der Waals surface area contributed by atoms with Gasteiger partial charge in [0.25, 0.3) is 0 Å². The topological polar surface area (TPSA) is 119 Å². The monoisotopic (exact) mass is 588 g/mol. The zero-order chi connectivity index (χ0) is 29.7. The first kappa shape index (κ1) is 27.8. The van der Waals surface area contributed by atoms with E-state index in [2.05, 4.69) is 15.1 Å². The number of hydrogen-bond acceptors (Lipinski definition) is 7. The first-order chi connectivity index (χ1) is 20.1. The Bertz CT molecular complexity index is 1670. The van der Waals surface area contributed by atoms with E-state index < -0.39 is 46.7 Å². The van der Waals surface area contributed by atoms with Gasteiger partial charge >= 0.3 is 0 Å². The highest BCUT2D eigenvalue weighted by Gasteiger charge is 2.34. The Morgan fingerprint density at radius 2 is 1.79 bits per heavy atom. The summed E-state index contributed by atoms with van der Waals surface area (Å²) in [6.45, 7) is 0.829. The molecule has 1 aliphatic heterocycles. The highest BCUT2D eigenvalue weighted by atomic mass is 19.2. The Kier molecular flexibility index (Phi) is 7.17. The van der Waals surface area contributed by atoms with E-state index >= 15 is 4.39 Å². The molecule has 1 saturated heterocycles. The van der Waals surface area contributed by atoms with E-state index in [1.165, 1.54) is 12.4 Å². The number of nitrogens with zero attached hydrogens (tertiary/aromatic N) is 5. The van der Waals surface area contributed by atoms with Crippen LogP contribution in [0.1, 0.15) is 38.1 Å². The summed E-state index contributed by atoms with van der Waals surface area (Å²) in [5.74, 6) is -9.55. The molecule has 0 spiro atoms. The summed E-state index contributed by atoms with van der Waals surface area (Å²) in [7, 11) is 0. The molecule has 0 bridgehead atoms. The standard InChI is InChI=1S/C28H25F5N6O3/c29-17-8-15(42-26-23(32)18(30)9-19(31)24(26)33)5-6-16(17)25-22-27(34)35-12-36-28(22)39(37-25)14-2-1-7-38(11-14)21(41)10-20(40)13-3-4-13/h5-6,8-9,12-14,20,40H,1-4,7,10-11H2,(H2,34,35,36). The van der Waals surface area contributed by atoms with Gasteiger partial charge in [-0.2, -0.15) is 13.9 Å². The minimum Gasteiger partial charge on any atom is -0.451 e. The van der Waals surface area contributed by atoms with Crippen LogP contribution in [0.2, 0.25) is 0 Å². The van der Waals surface area contributed by atoms with Crippen LogP contribution in [0.4, 0.5) is 27.8 Å². The summed E-state index contributed by atoms with van der Waals surface area (Å²) in [6.07, 6.45) is 3.78. The van der Waals surface area contributed by atoms with Crippen LogP contribution < -0.4 is 10.5 Å². The van der Waals surface area contributed by atoms with Crippen LogP contribution in [0.3, 0.4) is 0 Å². The molecule has 220 valence electrons. The quantitative estimate of drug-likeness (QED) is 0.233. The predicted molar refractivity (Wildman–Crippen MR) is 140 cm³/mol. The molecule has 42 heavy (non-hydrogen) atoms. The smallest absolute Gasteiger partial charge is 0.225 e. The Morgan fingerprint density at radius 1 is 1.05 bits per heavy atom. The van der Waals surface area contributed by atoms with E-state index in [1.807, 2.05) is 0 Å². The summed E-state index contributed by atoms with van der Waals surface area (Å²) in [5.41, 5.74) is 6.46. The first-order valence-electron chi connectivity index (χ1n) is 13.4. The number of piperidine rings is 1. The second-order valence-corrected chi connectivity index (χ2v) is 10.5. The average Bonchev–Trinajstić information content (AvgIpc) is 3.75. The van der Waals surface area contributed by atoms with Gasteiger partial charge in [0.2, 0.25) is 23.3 Å². The van der Waals surface area contributed by atoms with Gasteiger partial charge in [-0.15, -0.1) is 0 Å². The number of fused-ring (bicyclic) bond motifs is 1. The maximum atomic E-state index is 15.4. The van der Waals surface area contributed by atoms with E-state index in [0.717, 1.165) is 25.0 Å². The summed E-state index contributed by atoms with van der Waals surface area (Å²) in [5, 5.41) is 15.1. The van der Waals surface area contributed by atoms with Crippen molar-refractivity contribution in [2.75, 3.05) is 18.8 Å². The number of aliphatic hydroxyl groups is 1. The number of hydrogen-bond donors (Lipinski definition) is 2. The van der Waals surface area contributed by atoms with Crippen molar-refractivity contribution in [3.8, 4) is 22.8 Å². The molecule has 1 amide bonds. The van der Waals surface area contributed by atoms with Crippen LogP contribution in [-0.4, -0.2) is 54.9 Å². The van der Waals surface area contributed by atoms with Gasteiger partial charge in [0.15, 0.2) is 17.3 Å². The fourth-order valence-electron chi connectivity index (χ4n) is 5.29. The third-order valence-corrected chi connectivity index (χ3v) is 7.65. The fourth-order valence-corrected chi connectivity index (χ4v) is 5.29. The van der Waals surface area contributed by atoms with Gasteiger partial charge in [-0.25, -0.2) is 27.8 Å². The molecule has 2 atom stereocenters. The molecule has 2 aliphatic rings. The van der Waals surface area contributed by atoms with Crippen molar-refractivity contribution in [2.24, 2.45) is 5.92 Å². The zero-order valence-electron chi connectivity index (χ0n) is 22.0. The number of carbonyl (C=O) groups is 1. The van der Waals surface area contributed by atoms with Crippen molar-refractivity contribution in [1.29, 1.82) is 0 Å². The summed E-state index contributed by atoms with van der Waals surface area (Å²) in [6, 6.07) is 2.86. The van der Waals surface area contributed by atoms with Crippen molar-refractivity contribution >= 4 is 22.8 Å². The molecular formula is C28H25F5N6O3. The third kappa shape index (κ3) is 5.10. The molecule has 3 N–H and O–H groups in total. The molecule has 2 fully saturated rings. The molecule has 6 rings (SSSR count). The van der Waals surface area contributed by atoms with E-state index in [1.54, 1.807) is 9.58 Å². The lowest BCUT2D eigenvalue weighted by atomic mass is 10.0. The fraction of sp³-hybridized carbons (Fsp3) is 0.357. The highest BCUT2D eigenvalue weighted by molar-refractivity contribution is 5.98. The molecular weight excluding hydrogens is 563 g/mol. The maximum absolute atomic E-state index is 15.4. The maximum Gasteiger partial charge on any atom is 0.225 e. The lowest BCUT2D eigenvalue weighted by Crippen LogP contribution is -2.42. The lowest BCUT2D eigenvalue weighted by molar-refractivity contribution is -0.135. The molecule has 9 nitrogen and oxygen atoms in total. The SMILES string of the molecule is Nc1ncnc2c1c(-c1ccc(Oc3c(F)c(F)cc(F)c3F)cc1F)nn2C1CCCN(C(=O)CC(O)C2CC2)C1. The van der Waals surface area contributed by atoms with Gasteiger partial charge in [-0.3, -0.25) is 4.79 Å². The van der Waals surface area contributed by atoms with Gasteiger partial charge < -0.3 is 20.5 Å². The molecule has 3 heterocycles. The van der Waals surface area contributed by atoms with Gasteiger partial charge in [0.05, 0.1) is 24.0 Å². The Hall–Kier alpha value is -4.33. The number of aromatic nitrogens is 4. The normalized spacial score (nSPS) is 18.0. The summed E-state index contributed by atoms with van der Waals surface area (Å²) < 4.78 is 77.3. The Morgan fingerprint density at radius 3 is 2.48 bits per heavy atom. The number of benzene rings is 2. The molecule has 2 unspecified atom stereocenters. The molecule has 0 radical (unpaired) electrons. The molecule has 2 aromatic heterocycles. The largest absolute Gasteiger partial charge is 0.451 e. The number of likely N-dealkylation sites (tertiary alicyclic amines) is 1. The summed E-state index contributed by atoms with van der Waals surface area (Å²) in [4.78, 5) is 22.9. The number of aliphatic hydroxyl groups excluding tert-OH is 1. The number of nitrogens with two attached hydrogens (primary N) is 1. The van der Waals surface area contributed by atoms with Gasteiger partial charge in [0, 0.05) is 30.8 Å². The van der Waals surface area contributed by atoms with Gasteiger partial charge in [0.1, 0.15) is 29.4 Å². The van der Waals surface area contributed by atoms with E-state index in [0.29, 0.717) is 31.6 Å². The molecule has 4 aromatic rings. The van der Waals surface area contributed by atoms with E-state index in [4.69, 9.17) is 10.5 Å². The number of anilines is 1. The van der Waals surface area contributed by atoms with Crippen LogP contribution in [0.15, 0.2) is 30.6 Å². The van der Waals surface area contributed by atoms with Gasteiger partial charge in [-0.1, -0.05) is 0 Å². The second kappa shape index (κ2) is 10.8. The number of rotatable bonds is 7.